The van der Waals surface area contributed by atoms with E-state index in [0.29, 0.717) is 69.6 Å². The molecule has 0 spiro atoms. The number of carbonyl (C=O) groups is 2. The molecule has 0 unspecified atom stereocenters. The molecule has 0 radical (unpaired) electrons. The van der Waals surface area contributed by atoms with E-state index < -0.39 is 0 Å². The van der Waals surface area contributed by atoms with Crippen LogP contribution in [-0.2, 0) is 9.53 Å². The number of hydrogen-bond acceptors (Lipinski definition) is 5. The van der Waals surface area contributed by atoms with Gasteiger partial charge in [-0.25, -0.2) is 4.68 Å². The Morgan fingerprint density at radius 2 is 1.80 bits per heavy atom. The van der Waals surface area contributed by atoms with Gasteiger partial charge in [0.2, 0.25) is 5.91 Å². The maximum absolute atomic E-state index is 13.0. The number of rotatable bonds is 4. The summed E-state index contributed by atoms with van der Waals surface area (Å²) in [4.78, 5) is 31.3. The maximum Gasteiger partial charge on any atom is 0.257 e. The van der Waals surface area contributed by atoms with E-state index in [0.717, 1.165) is 11.4 Å². The van der Waals surface area contributed by atoms with Crippen LogP contribution >= 0.6 is 11.6 Å². The summed E-state index contributed by atoms with van der Waals surface area (Å²) in [5.41, 5.74) is 2.20. The average Bonchev–Trinajstić information content (AvgIpc) is 3.15. The number of ether oxygens (including phenoxy) is 1. The molecule has 2 fully saturated rings. The average molecular weight is 432 g/mol. The molecule has 2 aliphatic rings. The lowest BCUT2D eigenvalue weighted by Gasteiger charge is -2.36. The zero-order chi connectivity index (χ0) is 21.1. The number of piperazine rings is 1. The van der Waals surface area contributed by atoms with E-state index in [-0.39, 0.29) is 11.8 Å². The van der Waals surface area contributed by atoms with Gasteiger partial charge < -0.3 is 14.5 Å². The Kier molecular flexibility index (Phi) is 6.36. The number of benzene rings is 1. The normalized spacial score (nSPS) is 17.9. The molecule has 2 aliphatic heterocycles. The molecule has 2 aromatic rings. The Bertz CT molecular complexity index is 917. The summed E-state index contributed by atoms with van der Waals surface area (Å²) in [6.45, 7) is 7.37. The van der Waals surface area contributed by atoms with E-state index >= 15 is 0 Å². The molecule has 4 rings (SSSR count). The van der Waals surface area contributed by atoms with Crippen molar-refractivity contribution in [1.82, 2.24) is 24.5 Å². The molecule has 1 aromatic heterocycles. The minimum Gasteiger partial charge on any atom is -0.378 e. The fraction of sp³-hybridized carbons (Fsp3) is 0.476. The Hall–Kier alpha value is -2.42. The molecule has 2 amide bonds. The van der Waals surface area contributed by atoms with Crippen LogP contribution < -0.4 is 0 Å². The van der Waals surface area contributed by atoms with Crippen LogP contribution in [0, 0.1) is 6.92 Å². The molecule has 0 N–H and O–H groups in total. The van der Waals surface area contributed by atoms with Crippen LogP contribution in [0.4, 0.5) is 0 Å². The van der Waals surface area contributed by atoms with Crippen LogP contribution in [-0.4, -0.2) is 95.3 Å². The van der Waals surface area contributed by atoms with Crippen molar-refractivity contribution in [2.45, 2.75) is 6.92 Å². The van der Waals surface area contributed by atoms with Crippen molar-refractivity contribution in [2.24, 2.45) is 0 Å². The van der Waals surface area contributed by atoms with Gasteiger partial charge in [-0.3, -0.25) is 14.5 Å². The standard InChI is InChI=1S/C21H26ClN5O3/c1-16-19(14-23-27(16)18-4-2-3-17(22)13-18)21(29)26-7-5-24(6-8-26)15-20(28)25-9-11-30-12-10-25/h2-4,13-14H,5-12,15H2,1H3. The molecular formula is C21H26ClN5O3. The van der Waals surface area contributed by atoms with Gasteiger partial charge in [0, 0.05) is 44.3 Å². The van der Waals surface area contributed by atoms with Crippen molar-refractivity contribution in [3.8, 4) is 5.69 Å². The molecule has 0 aliphatic carbocycles. The number of hydrogen-bond donors (Lipinski definition) is 0. The first-order valence-electron chi connectivity index (χ1n) is 10.2. The minimum atomic E-state index is -0.0278. The Morgan fingerprint density at radius 3 is 2.50 bits per heavy atom. The molecule has 160 valence electrons. The zero-order valence-corrected chi connectivity index (χ0v) is 17.8. The SMILES string of the molecule is Cc1c(C(=O)N2CCN(CC(=O)N3CCOCC3)CC2)cnn1-c1cccc(Cl)c1. The fourth-order valence-corrected chi connectivity index (χ4v) is 4.06. The van der Waals surface area contributed by atoms with Crippen LogP contribution in [0.15, 0.2) is 30.5 Å². The summed E-state index contributed by atoms with van der Waals surface area (Å²) in [7, 11) is 0. The van der Waals surface area contributed by atoms with E-state index in [4.69, 9.17) is 16.3 Å². The van der Waals surface area contributed by atoms with Crippen molar-refractivity contribution in [2.75, 3.05) is 59.0 Å². The molecule has 0 bridgehead atoms. The summed E-state index contributed by atoms with van der Waals surface area (Å²) >= 11 is 6.08. The lowest BCUT2D eigenvalue weighted by molar-refractivity contribution is -0.136. The van der Waals surface area contributed by atoms with Crippen molar-refractivity contribution >= 4 is 23.4 Å². The van der Waals surface area contributed by atoms with Crippen LogP contribution in [0.25, 0.3) is 5.69 Å². The summed E-state index contributed by atoms with van der Waals surface area (Å²) in [5.74, 6) is 0.108. The largest absolute Gasteiger partial charge is 0.378 e. The number of carbonyl (C=O) groups excluding carboxylic acids is 2. The quantitative estimate of drug-likeness (QED) is 0.732. The first kappa shape index (κ1) is 20.8. The zero-order valence-electron chi connectivity index (χ0n) is 17.1. The topological polar surface area (TPSA) is 70.9 Å². The highest BCUT2D eigenvalue weighted by molar-refractivity contribution is 6.30. The van der Waals surface area contributed by atoms with Gasteiger partial charge in [-0.1, -0.05) is 17.7 Å². The number of halogens is 1. The lowest BCUT2D eigenvalue weighted by Crippen LogP contribution is -2.52. The highest BCUT2D eigenvalue weighted by atomic mass is 35.5. The van der Waals surface area contributed by atoms with Gasteiger partial charge in [-0.2, -0.15) is 5.10 Å². The van der Waals surface area contributed by atoms with E-state index in [1.54, 1.807) is 16.9 Å². The van der Waals surface area contributed by atoms with Crippen LogP contribution in [0.2, 0.25) is 5.02 Å². The lowest BCUT2D eigenvalue weighted by atomic mass is 10.2. The van der Waals surface area contributed by atoms with Crippen LogP contribution in [0.5, 0.6) is 0 Å². The molecule has 0 atom stereocenters. The predicted octanol–water partition coefficient (Wildman–Crippen LogP) is 1.45. The second-order valence-corrected chi connectivity index (χ2v) is 8.03. The minimum absolute atomic E-state index is 0.0278. The van der Waals surface area contributed by atoms with Gasteiger partial charge >= 0.3 is 0 Å². The summed E-state index contributed by atoms with van der Waals surface area (Å²) in [6.07, 6.45) is 1.62. The number of nitrogens with zero attached hydrogens (tertiary/aromatic N) is 5. The first-order chi connectivity index (χ1) is 14.5. The van der Waals surface area contributed by atoms with E-state index in [1.165, 1.54) is 0 Å². The monoisotopic (exact) mass is 431 g/mol. The third-order valence-electron chi connectivity index (χ3n) is 5.68. The fourth-order valence-electron chi connectivity index (χ4n) is 3.87. The predicted molar refractivity (Wildman–Crippen MR) is 113 cm³/mol. The molecule has 30 heavy (non-hydrogen) atoms. The third kappa shape index (κ3) is 4.50. The molecule has 8 nitrogen and oxygen atoms in total. The van der Waals surface area contributed by atoms with Gasteiger partial charge in [-0.15, -0.1) is 0 Å². The molecule has 1 aromatic carbocycles. The highest BCUT2D eigenvalue weighted by Crippen LogP contribution is 2.19. The molecule has 2 saturated heterocycles. The highest BCUT2D eigenvalue weighted by Gasteiger charge is 2.27. The number of amides is 2. The van der Waals surface area contributed by atoms with Gasteiger partial charge in [0.15, 0.2) is 0 Å². The number of morpholine rings is 1. The number of aromatic nitrogens is 2. The molecule has 3 heterocycles. The third-order valence-corrected chi connectivity index (χ3v) is 5.91. The van der Waals surface area contributed by atoms with Gasteiger partial charge in [0.25, 0.3) is 5.91 Å². The second-order valence-electron chi connectivity index (χ2n) is 7.60. The van der Waals surface area contributed by atoms with Crippen LogP contribution in [0.3, 0.4) is 0 Å². The van der Waals surface area contributed by atoms with Crippen molar-refractivity contribution in [3.05, 3.63) is 46.7 Å². The smallest absolute Gasteiger partial charge is 0.257 e. The van der Waals surface area contributed by atoms with Gasteiger partial charge in [0.1, 0.15) is 0 Å². The van der Waals surface area contributed by atoms with Crippen molar-refractivity contribution in [3.63, 3.8) is 0 Å². The van der Waals surface area contributed by atoms with E-state index in [1.807, 2.05) is 34.9 Å². The summed E-state index contributed by atoms with van der Waals surface area (Å²) < 4.78 is 7.04. The maximum atomic E-state index is 13.0. The van der Waals surface area contributed by atoms with Crippen LogP contribution in [0.1, 0.15) is 16.1 Å². The Labute approximate surface area is 180 Å². The van der Waals surface area contributed by atoms with Gasteiger partial charge in [-0.05, 0) is 25.1 Å². The van der Waals surface area contributed by atoms with Gasteiger partial charge in [0.05, 0.1) is 42.9 Å². The van der Waals surface area contributed by atoms with Crippen molar-refractivity contribution < 1.29 is 14.3 Å². The van der Waals surface area contributed by atoms with E-state index in [9.17, 15) is 9.59 Å². The molecule has 0 saturated carbocycles. The van der Waals surface area contributed by atoms with E-state index in [2.05, 4.69) is 10.00 Å². The summed E-state index contributed by atoms with van der Waals surface area (Å²) in [5, 5.41) is 5.01. The Balaban J connectivity index is 1.35. The Morgan fingerprint density at radius 1 is 1.07 bits per heavy atom. The molecule has 9 heteroatoms. The van der Waals surface area contributed by atoms with Crippen molar-refractivity contribution in [1.29, 1.82) is 0 Å². The molecular weight excluding hydrogens is 406 g/mol. The summed E-state index contributed by atoms with van der Waals surface area (Å²) in [6, 6.07) is 7.39. The first-order valence-corrected chi connectivity index (χ1v) is 10.6. The second kappa shape index (κ2) is 9.16.